The first-order valence-corrected chi connectivity index (χ1v) is 7.48. The molecule has 136 valence electrons. The van der Waals surface area contributed by atoms with E-state index in [1.807, 2.05) is 0 Å². The van der Waals surface area contributed by atoms with E-state index in [1.165, 1.54) is 14.0 Å². The molecule has 1 aliphatic heterocycles. The molecule has 0 aliphatic carbocycles. The molecule has 0 fully saturated rings. The molecule has 2 N–H and O–H groups in total. The van der Waals surface area contributed by atoms with Crippen LogP contribution in [0.2, 0.25) is 0 Å². The summed E-state index contributed by atoms with van der Waals surface area (Å²) in [5.41, 5.74) is -0.903. The van der Waals surface area contributed by atoms with E-state index < -0.39 is 28.6 Å². The molecule has 9 heteroatoms. The lowest BCUT2D eigenvalue weighted by Crippen LogP contribution is -2.67. The molecule has 2 amide bonds. The predicted octanol–water partition coefficient (Wildman–Crippen LogP) is 1.91. The summed E-state index contributed by atoms with van der Waals surface area (Å²) in [6, 6.07) is 0. The van der Waals surface area contributed by atoms with Gasteiger partial charge < -0.3 is 9.57 Å². The number of nitrogens with one attached hydrogen (secondary N) is 1. The average Bonchev–Trinajstić information content (AvgIpc) is 2.74. The smallest absolute Gasteiger partial charge is 0.436 e. The fraction of sp³-hybridized carbons (Fsp3) is 0.733. The van der Waals surface area contributed by atoms with Gasteiger partial charge in [0.15, 0.2) is 0 Å². The fourth-order valence-electron chi connectivity index (χ4n) is 2.42. The van der Waals surface area contributed by atoms with Gasteiger partial charge in [-0.3, -0.25) is 10.0 Å². The lowest BCUT2D eigenvalue weighted by molar-refractivity contribution is -0.149. The van der Waals surface area contributed by atoms with Crippen molar-refractivity contribution in [1.29, 1.82) is 0 Å². The van der Waals surface area contributed by atoms with Crippen molar-refractivity contribution in [3.8, 4) is 0 Å². The molecule has 0 aromatic carbocycles. The van der Waals surface area contributed by atoms with Crippen LogP contribution in [-0.4, -0.2) is 51.9 Å². The molecule has 0 saturated carbocycles. The quantitative estimate of drug-likeness (QED) is 0.462. The van der Waals surface area contributed by atoms with E-state index in [1.54, 1.807) is 41.5 Å². The van der Waals surface area contributed by atoms with Crippen LogP contribution in [0.1, 0.15) is 48.5 Å². The second-order valence-electron chi connectivity index (χ2n) is 7.51. The molecule has 0 spiro atoms. The summed E-state index contributed by atoms with van der Waals surface area (Å²) in [7, 11) is 1.30. The molecule has 24 heavy (non-hydrogen) atoms. The van der Waals surface area contributed by atoms with Crippen LogP contribution < -0.4 is 5.43 Å². The van der Waals surface area contributed by atoms with Gasteiger partial charge in [0.1, 0.15) is 12.7 Å². The van der Waals surface area contributed by atoms with Gasteiger partial charge >= 0.3 is 6.09 Å². The van der Waals surface area contributed by atoms with Crippen LogP contribution in [0.5, 0.6) is 0 Å². The van der Waals surface area contributed by atoms with Gasteiger partial charge in [-0.1, -0.05) is 25.9 Å². The van der Waals surface area contributed by atoms with Gasteiger partial charge in [-0.2, -0.15) is 10.2 Å². The van der Waals surface area contributed by atoms with Crippen LogP contribution in [0.3, 0.4) is 0 Å². The number of amides is 2. The maximum atomic E-state index is 12.6. The summed E-state index contributed by atoms with van der Waals surface area (Å²) >= 11 is 0. The molecule has 0 bridgehead atoms. The van der Waals surface area contributed by atoms with Gasteiger partial charge in [-0.15, -0.1) is 0 Å². The van der Waals surface area contributed by atoms with Crippen LogP contribution in [-0.2, 0) is 14.4 Å². The Morgan fingerprint density at radius 3 is 2.25 bits per heavy atom. The highest BCUT2D eigenvalue weighted by Crippen LogP contribution is 2.34. The topological polar surface area (TPSA) is 113 Å². The van der Waals surface area contributed by atoms with E-state index in [-0.39, 0.29) is 16.5 Å². The number of hydrazone groups is 1. The van der Waals surface area contributed by atoms with Crippen LogP contribution in [0.25, 0.3) is 0 Å². The molecular formula is C15H26N4O5. The Labute approximate surface area is 141 Å². The monoisotopic (exact) mass is 342 g/mol. The normalized spacial score (nSPS) is 22.0. The molecule has 1 unspecified atom stereocenters. The molecule has 9 nitrogen and oxygen atoms in total. The second-order valence-corrected chi connectivity index (χ2v) is 7.51. The van der Waals surface area contributed by atoms with Crippen molar-refractivity contribution in [3.05, 3.63) is 0 Å². The molecule has 1 heterocycles. The predicted molar refractivity (Wildman–Crippen MR) is 87.7 cm³/mol. The van der Waals surface area contributed by atoms with Gasteiger partial charge in [0.2, 0.25) is 5.54 Å². The molecule has 0 aromatic heterocycles. The second kappa shape index (κ2) is 6.39. The summed E-state index contributed by atoms with van der Waals surface area (Å²) in [6.07, 6.45) is -1.10. The Bertz CT molecular complexity index is 586. The zero-order valence-corrected chi connectivity index (χ0v) is 15.4. The van der Waals surface area contributed by atoms with Crippen LogP contribution in [0, 0.1) is 5.41 Å². The third-order valence-corrected chi connectivity index (χ3v) is 3.29. The largest absolute Gasteiger partial charge is 0.442 e. The highest BCUT2D eigenvalue weighted by molar-refractivity contribution is 6.35. The number of nitrogens with zero attached hydrogens (tertiary/aromatic N) is 3. The summed E-state index contributed by atoms with van der Waals surface area (Å²) in [6.45, 7) is 11.8. The zero-order valence-electron chi connectivity index (χ0n) is 15.4. The molecule has 0 aromatic rings. The Morgan fingerprint density at radius 1 is 1.29 bits per heavy atom. The third kappa shape index (κ3) is 3.50. The van der Waals surface area contributed by atoms with Crippen molar-refractivity contribution < 1.29 is 24.4 Å². The molecule has 1 aliphatic rings. The number of oxime groups is 1. The number of carbonyl (C=O) groups is 2. The van der Waals surface area contributed by atoms with Crippen molar-refractivity contribution in [2.24, 2.45) is 15.7 Å². The van der Waals surface area contributed by atoms with Crippen molar-refractivity contribution >= 4 is 23.4 Å². The number of carbonyl (C=O) groups excluding carboxylic acids is 2. The number of hydroxylamine groups is 2. The van der Waals surface area contributed by atoms with Crippen molar-refractivity contribution in [2.75, 3.05) is 7.11 Å². The number of hydrogen-bond donors (Lipinski definition) is 2. The lowest BCUT2D eigenvalue weighted by Gasteiger charge is -2.38. The van der Waals surface area contributed by atoms with E-state index in [2.05, 4.69) is 15.7 Å². The van der Waals surface area contributed by atoms with E-state index >= 15 is 0 Å². The molecule has 1 rings (SSSR count). The van der Waals surface area contributed by atoms with Crippen LogP contribution in [0.4, 0.5) is 4.79 Å². The van der Waals surface area contributed by atoms with Crippen LogP contribution >= 0.6 is 0 Å². The molecule has 1 atom stereocenters. The van der Waals surface area contributed by atoms with E-state index in [0.717, 1.165) is 0 Å². The SMILES string of the molecule is CON=C(C)C1(N(O)C(=O)OC(C)(C)C)C(=O)NN=C1C(C)(C)C. The Kier molecular flexibility index (Phi) is 5.29. The first kappa shape index (κ1) is 19.9. The third-order valence-electron chi connectivity index (χ3n) is 3.29. The lowest BCUT2D eigenvalue weighted by atomic mass is 9.75. The number of rotatable bonds is 3. The first-order valence-electron chi connectivity index (χ1n) is 7.48. The summed E-state index contributed by atoms with van der Waals surface area (Å²) in [5.74, 6) is -0.723. The molecule has 0 radical (unpaired) electrons. The van der Waals surface area contributed by atoms with Crippen molar-refractivity contribution in [3.63, 3.8) is 0 Å². The Balaban J connectivity index is 3.52. The highest BCUT2D eigenvalue weighted by Gasteiger charge is 2.61. The Hall–Kier alpha value is -2.16. The van der Waals surface area contributed by atoms with E-state index in [9.17, 15) is 14.8 Å². The number of hydrogen-bond acceptors (Lipinski definition) is 7. The van der Waals surface area contributed by atoms with Gasteiger partial charge in [-0.25, -0.2) is 10.2 Å². The maximum Gasteiger partial charge on any atom is 0.436 e. The maximum absolute atomic E-state index is 12.6. The zero-order chi connectivity index (χ0) is 18.9. The van der Waals surface area contributed by atoms with Crippen molar-refractivity contribution in [2.45, 2.75) is 59.6 Å². The standard InChI is InChI=1S/C15H26N4O5/c1-9(18-23-8)15(19(22)12(21)24-14(5,6)7)10(13(2,3)4)16-17-11(15)20/h22H,1-8H3,(H,17,20). The van der Waals surface area contributed by atoms with Gasteiger partial charge in [-0.05, 0) is 27.7 Å². The minimum Gasteiger partial charge on any atom is -0.442 e. The van der Waals surface area contributed by atoms with E-state index in [4.69, 9.17) is 9.57 Å². The van der Waals surface area contributed by atoms with Crippen LogP contribution in [0.15, 0.2) is 10.3 Å². The summed E-state index contributed by atoms with van der Waals surface area (Å²) in [4.78, 5) is 29.8. The fourth-order valence-corrected chi connectivity index (χ4v) is 2.42. The number of ether oxygens (including phenoxy) is 1. The highest BCUT2D eigenvalue weighted by atomic mass is 16.6. The summed E-state index contributed by atoms with van der Waals surface area (Å²) < 4.78 is 5.18. The van der Waals surface area contributed by atoms with Gasteiger partial charge in [0, 0.05) is 5.41 Å². The average molecular weight is 342 g/mol. The molecule has 0 saturated heterocycles. The Morgan fingerprint density at radius 2 is 1.83 bits per heavy atom. The van der Waals surface area contributed by atoms with E-state index in [0.29, 0.717) is 0 Å². The minimum atomic E-state index is -1.95. The first-order chi connectivity index (χ1) is 10.8. The molecular weight excluding hydrogens is 316 g/mol. The summed E-state index contributed by atoms with van der Waals surface area (Å²) in [5, 5.41) is 18.6. The van der Waals surface area contributed by atoms with Gasteiger partial charge in [0.25, 0.3) is 5.91 Å². The minimum absolute atomic E-state index is 0.0436. The van der Waals surface area contributed by atoms with Crippen molar-refractivity contribution in [1.82, 2.24) is 10.5 Å². The van der Waals surface area contributed by atoms with Gasteiger partial charge in [0.05, 0.1) is 11.4 Å².